The number of phenols is 1. The second-order valence-corrected chi connectivity index (χ2v) is 11.5. The number of aryl methyl sites for hydroxylation is 1. The quantitative estimate of drug-likeness (QED) is 0.472. The van der Waals surface area contributed by atoms with E-state index in [2.05, 4.69) is 26.8 Å². The molecule has 33 heavy (non-hydrogen) atoms. The van der Waals surface area contributed by atoms with Gasteiger partial charge in [-0.2, -0.15) is 0 Å². The Kier molecular flexibility index (Phi) is 5.66. The summed E-state index contributed by atoms with van der Waals surface area (Å²) in [4.78, 5) is 16.4. The molecule has 0 unspecified atom stereocenters. The first kappa shape index (κ1) is 22.3. The first-order valence-corrected chi connectivity index (χ1v) is 13.2. The van der Waals surface area contributed by atoms with Crippen LogP contribution in [0.15, 0.2) is 53.8 Å². The van der Waals surface area contributed by atoms with Gasteiger partial charge in [-0.25, -0.2) is 14.3 Å². The van der Waals surface area contributed by atoms with Crippen LogP contribution in [0, 0.1) is 6.92 Å². The Balaban J connectivity index is 1.37. The summed E-state index contributed by atoms with van der Waals surface area (Å²) in [6.07, 6.45) is 8.13. The molecule has 1 aromatic carbocycles. The minimum Gasteiger partial charge on any atom is -0.507 e. The van der Waals surface area contributed by atoms with E-state index in [9.17, 15) is 14.2 Å². The molecule has 3 aromatic rings. The average molecular weight is 486 g/mol. The minimum atomic E-state index is -3.09. The van der Waals surface area contributed by atoms with Crippen LogP contribution in [-0.4, -0.2) is 52.2 Å². The minimum absolute atomic E-state index is 0.189. The summed E-state index contributed by atoms with van der Waals surface area (Å²) in [6, 6.07) is 5.90. The van der Waals surface area contributed by atoms with E-state index in [0.717, 1.165) is 47.6 Å². The highest BCUT2D eigenvalue weighted by Crippen LogP contribution is 2.59. The Bertz CT molecular complexity index is 1190. The normalized spacial score (nSPS) is 25.6. The lowest BCUT2D eigenvalue weighted by Crippen LogP contribution is -2.55. The maximum atomic E-state index is 10.7. The van der Waals surface area contributed by atoms with Gasteiger partial charge < -0.3 is 5.11 Å². The zero-order valence-corrected chi connectivity index (χ0v) is 20.1. The average Bonchev–Trinajstić information content (AvgIpc) is 3.32. The van der Waals surface area contributed by atoms with Crippen molar-refractivity contribution in [2.24, 2.45) is 0 Å². The molecule has 0 amide bonds. The van der Waals surface area contributed by atoms with Crippen molar-refractivity contribution in [1.29, 1.82) is 0 Å². The van der Waals surface area contributed by atoms with Crippen LogP contribution in [0.2, 0.25) is 0 Å². The molecule has 1 spiro atoms. The summed E-state index contributed by atoms with van der Waals surface area (Å²) >= 11 is 1.57. The zero-order valence-electron chi connectivity index (χ0n) is 18.5. The fraction of sp³-hybridized carbons (Fsp3) is 0.348. The van der Waals surface area contributed by atoms with Crippen LogP contribution in [0.5, 0.6) is 5.75 Å². The van der Waals surface area contributed by atoms with E-state index in [4.69, 9.17) is 0 Å². The largest absolute Gasteiger partial charge is 0.507 e. The predicted octanol–water partition coefficient (Wildman–Crippen LogP) is 5.04. The van der Waals surface area contributed by atoms with E-state index in [1.165, 1.54) is 5.41 Å². The van der Waals surface area contributed by atoms with Crippen LogP contribution in [-0.2, 0) is 6.54 Å². The third-order valence-corrected chi connectivity index (χ3v) is 8.89. The Morgan fingerprint density at radius 3 is 2.79 bits per heavy atom. The van der Waals surface area contributed by atoms with Crippen LogP contribution in [0.1, 0.15) is 30.2 Å². The van der Waals surface area contributed by atoms with Crippen molar-refractivity contribution in [3.8, 4) is 17.0 Å². The molecule has 0 aliphatic carbocycles. The van der Waals surface area contributed by atoms with Gasteiger partial charge in [0.15, 0.2) is 5.82 Å². The van der Waals surface area contributed by atoms with Gasteiger partial charge in [-0.1, -0.05) is 16.8 Å². The summed E-state index contributed by atoms with van der Waals surface area (Å²) < 4.78 is 23.2. The van der Waals surface area contributed by atoms with Gasteiger partial charge >= 0.3 is 0 Å². The number of thiazole rings is 1. The van der Waals surface area contributed by atoms with Gasteiger partial charge in [0.1, 0.15) is 5.75 Å². The Morgan fingerprint density at radius 2 is 2.09 bits per heavy atom. The third-order valence-electron chi connectivity index (χ3n) is 6.54. The molecular formula is C23H27N5O3S2. The molecule has 2 aliphatic rings. The number of phenolic OH excluding ortho intramolecular Hbond substituents is 1. The Morgan fingerprint density at radius 1 is 1.24 bits per heavy atom. The van der Waals surface area contributed by atoms with E-state index < -0.39 is 16.3 Å². The number of likely N-dealkylation sites (tertiary alicyclic amines) is 1. The number of piperidine rings is 1. The SMILES string of the molecule is Cc1scnc1-c1cc(CN2CC[C@]3(C=CS(O)(O)N3c3cnccn3)C[C@@H]2C)ccc1O. The highest BCUT2D eigenvalue weighted by atomic mass is 32.3. The molecule has 0 saturated carbocycles. The highest BCUT2D eigenvalue weighted by Gasteiger charge is 2.50. The van der Waals surface area contributed by atoms with Crippen LogP contribution in [0.25, 0.3) is 11.3 Å². The molecule has 5 rings (SSSR count). The van der Waals surface area contributed by atoms with Crippen LogP contribution < -0.4 is 4.31 Å². The van der Waals surface area contributed by atoms with Crippen molar-refractivity contribution in [2.45, 2.75) is 44.8 Å². The van der Waals surface area contributed by atoms with E-state index in [0.29, 0.717) is 5.82 Å². The molecule has 2 aromatic heterocycles. The van der Waals surface area contributed by atoms with Crippen molar-refractivity contribution in [3.63, 3.8) is 0 Å². The van der Waals surface area contributed by atoms with Crippen molar-refractivity contribution in [1.82, 2.24) is 19.9 Å². The lowest BCUT2D eigenvalue weighted by molar-refractivity contribution is 0.119. The number of nitrogens with zero attached hydrogens (tertiary/aromatic N) is 5. The van der Waals surface area contributed by atoms with Gasteiger partial charge in [0.2, 0.25) is 0 Å². The fourth-order valence-electron chi connectivity index (χ4n) is 4.92. The number of aromatic hydroxyl groups is 1. The highest BCUT2D eigenvalue weighted by molar-refractivity contribution is 8.28. The molecular weight excluding hydrogens is 458 g/mol. The predicted molar refractivity (Wildman–Crippen MR) is 132 cm³/mol. The number of anilines is 1. The molecule has 2 atom stereocenters. The lowest BCUT2D eigenvalue weighted by Gasteiger charge is -2.51. The molecule has 3 N–H and O–H groups in total. The number of aromatic nitrogens is 3. The molecule has 0 bridgehead atoms. The first-order chi connectivity index (χ1) is 15.8. The Hall–Kier alpha value is -2.50. The number of hydrogen-bond acceptors (Lipinski definition) is 9. The lowest BCUT2D eigenvalue weighted by atomic mass is 9.83. The van der Waals surface area contributed by atoms with Crippen molar-refractivity contribution < 1.29 is 14.2 Å². The van der Waals surface area contributed by atoms with Gasteiger partial charge in [0, 0.05) is 47.4 Å². The maximum absolute atomic E-state index is 10.7. The number of rotatable bonds is 4. The smallest absolute Gasteiger partial charge is 0.166 e. The van der Waals surface area contributed by atoms with E-state index in [1.807, 2.05) is 25.1 Å². The third kappa shape index (κ3) is 4.02. The van der Waals surface area contributed by atoms with Gasteiger partial charge in [0.05, 0.1) is 22.9 Å². The summed E-state index contributed by atoms with van der Waals surface area (Å²) in [5.74, 6) is 0.712. The molecule has 1 fully saturated rings. The second-order valence-electron chi connectivity index (χ2n) is 8.71. The summed E-state index contributed by atoms with van der Waals surface area (Å²) in [5, 5.41) is 11.9. The van der Waals surface area contributed by atoms with E-state index in [1.54, 1.807) is 45.8 Å². The van der Waals surface area contributed by atoms with Gasteiger partial charge in [-0.3, -0.25) is 19.0 Å². The zero-order chi connectivity index (χ0) is 23.2. The van der Waals surface area contributed by atoms with Crippen molar-refractivity contribution >= 4 is 27.9 Å². The Labute approximate surface area is 198 Å². The van der Waals surface area contributed by atoms with Crippen LogP contribution in [0.4, 0.5) is 5.82 Å². The molecule has 8 nitrogen and oxygen atoms in total. The van der Waals surface area contributed by atoms with E-state index in [-0.39, 0.29) is 11.8 Å². The molecule has 1 saturated heterocycles. The van der Waals surface area contributed by atoms with Crippen LogP contribution in [0.3, 0.4) is 0 Å². The number of benzene rings is 1. The van der Waals surface area contributed by atoms with Crippen LogP contribution >= 0.6 is 22.1 Å². The van der Waals surface area contributed by atoms with E-state index >= 15 is 0 Å². The fourth-order valence-corrected chi connectivity index (χ4v) is 7.20. The summed E-state index contributed by atoms with van der Waals surface area (Å²) in [5.41, 5.74) is 3.98. The maximum Gasteiger partial charge on any atom is 0.166 e. The van der Waals surface area contributed by atoms with Gasteiger partial charge in [0.25, 0.3) is 0 Å². The summed E-state index contributed by atoms with van der Waals surface area (Å²) in [7, 11) is -3.09. The standard InChI is InChI=1S/C23H27N5O3S2/c1-16-12-23(6-10-33(30,31)28(23)21-13-24-7-8-25-21)5-9-27(16)14-18-3-4-20(29)19(11-18)22-17(2)32-15-26-22/h3-4,6-8,10-11,13,15-16,29-31H,5,9,12,14H2,1-2H3/t16-,23-/m0/s1. The topological polar surface area (TPSA) is 106 Å². The first-order valence-electron chi connectivity index (χ1n) is 10.8. The molecule has 0 radical (unpaired) electrons. The number of hydrogen-bond donors (Lipinski definition) is 3. The summed E-state index contributed by atoms with van der Waals surface area (Å²) in [6.45, 7) is 5.69. The monoisotopic (exact) mass is 485 g/mol. The van der Waals surface area contributed by atoms with Gasteiger partial charge in [-0.15, -0.1) is 11.3 Å². The molecule has 4 heterocycles. The second kappa shape index (κ2) is 8.37. The molecule has 2 aliphatic heterocycles. The van der Waals surface area contributed by atoms with Crippen molar-refractivity contribution in [2.75, 3.05) is 10.8 Å². The van der Waals surface area contributed by atoms with Crippen molar-refractivity contribution in [3.05, 3.63) is 64.2 Å². The molecule has 174 valence electrons. The van der Waals surface area contributed by atoms with Gasteiger partial charge in [-0.05, 0) is 50.5 Å². The molecule has 10 heteroatoms.